The van der Waals surface area contributed by atoms with E-state index in [1.54, 1.807) is 0 Å². The van der Waals surface area contributed by atoms with Crippen LogP contribution < -0.4 is 0 Å². The van der Waals surface area contributed by atoms with Gasteiger partial charge in [-0.1, -0.05) is 67.7 Å². The second kappa shape index (κ2) is 8.59. The highest BCUT2D eigenvalue weighted by Crippen LogP contribution is 2.35. The Labute approximate surface area is 86.1 Å². The van der Waals surface area contributed by atoms with Gasteiger partial charge in [-0.15, -0.1) is 0 Å². The first-order valence-corrected chi connectivity index (χ1v) is 6.06. The molecule has 82 valence electrons. The number of hydrogen-bond acceptors (Lipinski definition) is 0. The van der Waals surface area contributed by atoms with Gasteiger partial charge in [-0.2, -0.15) is 0 Å². The first kappa shape index (κ1) is 15.5. The highest BCUT2D eigenvalue weighted by molar-refractivity contribution is 4.75. The topological polar surface area (TPSA) is 0 Å². The quantitative estimate of drug-likeness (QED) is 0.548. The van der Waals surface area contributed by atoms with E-state index in [0.717, 1.165) is 5.92 Å². The third kappa shape index (κ3) is 6.12. The molecule has 0 nitrogen and oxygen atoms in total. The van der Waals surface area contributed by atoms with Crippen molar-refractivity contribution in [1.82, 2.24) is 0 Å². The van der Waals surface area contributed by atoms with E-state index in [2.05, 4.69) is 34.6 Å². The van der Waals surface area contributed by atoms with Gasteiger partial charge in [-0.05, 0) is 17.8 Å². The summed E-state index contributed by atoms with van der Waals surface area (Å²) in [5.41, 5.74) is 0.593. The highest BCUT2D eigenvalue weighted by Gasteiger charge is 2.24. The van der Waals surface area contributed by atoms with Crippen LogP contribution in [-0.4, -0.2) is 0 Å². The first-order chi connectivity index (χ1) is 6.06. The largest absolute Gasteiger partial charge is 0.0683 e. The molecule has 0 aromatic heterocycles. The Morgan fingerprint density at radius 1 is 1.08 bits per heavy atom. The maximum atomic E-state index is 2.42. The van der Waals surface area contributed by atoms with Gasteiger partial charge in [0.15, 0.2) is 0 Å². The van der Waals surface area contributed by atoms with Gasteiger partial charge in [0.05, 0.1) is 0 Å². The van der Waals surface area contributed by atoms with Crippen molar-refractivity contribution in [3.8, 4) is 0 Å². The van der Waals surface area contributed by atoms with Gasteiger partial charge in [0.2, 0.25) is 0 Å². The minimum absolute atomic E-state index is 0.593. The highest BCUT2D eigenvalue weighted by atomic mass is 14.3. The van der Waals surface area contributed by atoms with Crippen molar-refractivity contribution in [3.63, 3.8) is 0 Å². The van der Waals surface area contributed by atoms with Crippen molar-refractivity contribution >= 4 is 0 Å². The molecule has 0 aromatic rings. The Bertz CT molecular complexity index is 94.2. The molecule has 0 radical (unpaired) electrons. The van der Waals surface area contributed by atoms with Crippen LogP contribution in [0.2, 0.25) is 0 Å². The summed E-state index contributed by atoms with van der Waals surface area (Å²) < 4.78 is 0. The summed E-state index contributed by atoms with van der Waals surface area (Å²) in [6, 6.07) is 0. The number of rotatable bonds is 5. The third-order valence-electron chi connectivity index (χ3n) is 3.30. The van der Waals surface area contributed by atoms with Crippen LogP contribution in [0, 0.1) is 11.3 Å². The molecule has 0 saturated heterocycles. The summed E-state index contributed by atoms with van der Waals surface area (Å²) >= 11 is 0. The van der Waals surface area contributed by atoms with Crippen molar-refractivity contribution < 1.29 is 0 Å². The van der Waals surface area contributed by atoms with E-state index in [1.807, 2.05) is 13.8 Å². The molecule has 0 aliphatic carbocycles. The zero-order valence-electron chi connectivity index (χ0n) is 10.9. The third-order valence-corrected chi connectivity index (χ3v) is 3.30. The smallest absolute Gasteiger partial charge is 0.0305 e. The lowest BCUT2D eigenvalue weighted by Gasteiger charge is -2.32. The lowest BCUT2D eigenvalue weighted by atomic mass is 9.73. The molecule has 0 aromatic carbocycles. The second-order valence-electron chi connectivity index (χ2n) is 4.27. The zero-order chi connectivity index (χ0) is 10.9. The molecule has 0 N–H and O–H groups in total. The van der Waals surface area contributed by atoms with Crippen LogP contribution >= 0.6 is 0 Å². The summed E-state index contributed by atoms with van der Waals surface area (Å²) in [6.07, 6.45) is 5.45. The number of unbranched alkanes of at least 4 members (excludes halogenated alkanes) is 1. The van der Waals surface area contributed by atoms with E-state index in [0.29, 0.717) is 5.41 Å². The monoisotopic (exact) mass is 186 g/mol. The summed E-state index contributed by atoms with van der Waals surface area (Å²) in [5.74, 6) is 0.832. The average Bonchev–Trinajstić information content (AvgIpc) is 2.17. The molecule has 1 unspecified atom stereocenters. The fourth-order valence-electron chi connectivity index (χ4n) is 1.45. The van der Waals surface area contributed by atoms with E-state index in [1.165, 1.54) is 25.7 Å². The van der Waals surface area contributed by atoms with E-state index < -0.39 is 0 Å². The van der Waals surface area contributed by atoms with Crippen LogP contribution in [0.15, 0.2) is 0 Å². The molecular weight excluding hydrogens is 156 g/mol. The van der Waals surface area contributed by atoms with Gasteiger partial charge >= 0.3 is 0 Å². The van der Waals surface area contributed by atoms with Crippen LogP contribution in [0.3, 0.4) is 0 Å². The average molecular weight is 186 g/mol. The fraction of sp³-hybridized carbons (Fsp3) is 1.00. The Morgan fingerprint density at radius 2 is 1.54 bits per heavy atom. The Morgan fingerprint density at radius 3 is 1.77 bits per heavy atom. The summed E-state index contributed by atoms with van der Waals surface area (Å²) in [6.45, 7) is 15.7. The van der Waals surface area contributed by atoms with Crippen LogP contribution in [0.1, 0.15) is 74.1 Å². The molecule has 13 heavy (non-hydrogen) atoms. The van der Waals surface area contributed by atoms with Crippen LogP contribution in [-0.2, 0) is 0 Å². The first-order valence-electron chi connectivity index (χ1n) is 6.06. The van der Waals surface area contributed by atoms with Gasteiger partial charge in [0.25, 0.3) is 0 Å². The Hall–Kier alpha value is 0. The Kier molecular flexibility index (Phi) is 10.2. The predicted molar refractivity (Wildman–Crippen MR) is 64.1 cm³/mol. The molecule has 0 fully saturated rings. The van der Waals surface area contributed by atoms with Crippen molar-refractivity contribution in [3.05, 3.63) is 0 Å². The zero-order valence-corrected chi connectivity index (χ0v) is 10.9. The normalized spacial score (nSPS) is 14.8. The van der Waals surface area contributed by atoms with Crippen LogP contribution in [0.4, 0.5) is 0 Å². The molecule has 0 aliphatic rings. The molecule has 0 saturated carbocycles. The van der Waals surface area contributed by atoms with E-state index >= 15 is 0 Å². The molecule has 0 rings (SSSR count). The predicted octanol–water partition coefficient (Wildman–Crippen LogP) is 5.28. The summed E-state index contributed by atoms with van der Waals surface area (Å²) in [4.78, 5) is 0. The van der Waals surface area contributed by atoms with Crippen molar-refractivity contribution in [2.75, 3.05) is 0 Å². The minimum atomic E-state index is 0.593. The SMILES string of the molecule is CC.CCCCC(C)(CC)C(C)C. The van der Waals surface area contributed by atoms with Gasteiger partial charge in [0.1, 0.15) is 0 Å². The van der Waals surface area contributed by atoms with Gasteiger partial charge in [-0.3, -0.25) is 0 Å². The summed E-state index contributed by atoms with van der Waals surface area (Å²) in [7, 11) is 0. The van der Waals surface area contributed by atoms with Gasteiger partial charge < -0.3 is 0 Å². The summed E-state index contributed by atoms with van der Waals surface area (Å²) in [5, 5.41) is 0. The second-order valence-corrected chi connectivity index (χ2v) is 4.27. The van der Waals surface area contributed by atoms with Crippen molar-refractivity contribution in [2.45, 2.75) is 74.1 Å². The van der Waals surface area contributed by atoms with Crippen molar-refractivity contribution in [2.24, 2.45) is 11.3 Å². The van der Waals surface area contributed by atoms with Crippen molar-refractivity contribution in [1.29, 1.82) is 0 Å². The number of hydrogen-bond donors (Lipinski definition) is 0. The van der Waals surface area contributed by atoms with E-state index in [9.17, 15) is 0 Å². The molecule has 0 heteroatoms. The Balaban J connectivity index is 0. The lowest BCUT2D eigenvalue weighted by Crippen LogP contribution is -2.22. The fourth-order valence-corrected chi connectivity index (χ4v) is 1.45. The maximum Gasteiger partial charge on any atom is -0.0305 e. The van der Waals surface area contributed by atoms with Crippen LogP contribution in [0.25, 0.3) is 0 Å². The minimum Gasteiger partial charge on any atom is -0.0683 e. The molecular formula is C13H30. The lowest BCUT2D eigenvalue weighted by molar-refractivity contribution is 0.185. The molecule has 1 atom stereocenters. The molecule has 0 amide bonds. The van der Waals surface area contributed by atoms with E-state index in [4.69, 9.17) is 0 Å². The molecule has 0 bridgehead atoms. The van der Waals surface area contributed by atoms with Crippen LogP contribution in [0.5, 0.6) is 0 Å². The van der Waals surface area contributed by atoms with Gasteiger partial charge in [0, 0.05) is 0 Å². The molecule has 0 spiro atoms. The maximum absolute atomic E-state index is 2.42. The standard InChI is InChI=1S/C11H24.C2H6/c1-6-8-9-11(5,7-2)10(3)4;1-2/h10H,6-9H2,1-5H3;1-2H3. The molecule has 0 heterocycles. The van der Waals surface area contributed by atoms with E-state index in [-0.39, 0.29) is 0 Å². The molecule has 0 aliphatic heterocycles. The van der Waals surface area contributed by atoms with Gasteiger partial charge in [-0.25, -0.2) is 0 Å².